The normalized spacial score (nSPS) is 23.2. The molecule has 0 heteroatoms. The van der Waals surface area contributed by atoms with E-state index in [-0.39, 0.29) is 5.41 Å². The average molecular weight is 331 g/mol. The van der Waals surface area contributed by atoms with Crippen molar-refractivity contribution in [1.29, 1.82) is 0 Å². The maximum atomic E-state index is 4.43. The molecule has 2 aliphatic carbocycles. The topological polar surface area (TPSA) is 0 Å². The molecule has 0 saturated heterocycles. The monoisotopic (exact) mass is 330 g/mol. The van der Waals surface area contributed by atoms with E-state index in [1.54, 1.807) is 0 Å². The van der Waals surface area contributed by atoms with Crippen molar-refractivity contribution in [2.24, 2.45) is 5.41 Å². The van der Waals surface area contributed by atoms with Crippen molar-refractivity contribution in [2.45, 2.75) is 39.5 Å². The Hall–Kier alpha value is -2.34. The van der Waals surface area contributed by atoms with Crippen LogP contribution < -0.4 is 0 Å². The van der Waals surface area contributed by atoms with E-state index in [9.17, 15) is 0 Å². The van der Waals surface area contributed by atoms with Crippen LogP contribution in [-0.2, 0) is 0 Å². The Bertz CT molecular complexity index is 743. The van der Waals surface area contributed by atoms with Crippen LogP contribution in [0.3, 0.4) is 0 Å². The maximum absolute atomic E-state index is 4.43. The minimum absolute atomic E-state index is 0.366. The fourth-order valence-corrected chi connectivity index (χ4v) is 4.24. The van der Waals surface area contributed by atoms with E-state index in [1.165, 1.54) is 27.9 Å². The summed E-state index contributed by atoms with van der Waals surface area (Å²) in [5, 5.41) is 0. The zero-order chi connectivity index (χ0) is 18.4. The highest BCUT2D eigenvalue weighted by atomic mass is 14.5. The minimum Gasteiger partial charge on any atom is -0.0991 e. The lowest BCUT2D eigenvalue weighted by Crippen LogP contribution is -2.28. The second-order valence-corrected chi connectivity index (χ2v) is 6.43. The second kappa shape index (κ2) is 8.16. The first-order valence-electron chi connectivity index (χ1n) is 9.21. The predicted octanol–water partition coefficient (Wildman–Crippen LogP) is 7.35. The van der Waals surface area contributed by atoms with Gasteiger partial charge in [-0.3, -0.25) is 0 Å². The number of hydrogen-bond acceptors (Lipinski definition) is 0. The highest BCUT2D eigenvalue weighted by Gasteiger charge is 2.47. The molecule has 0 heterocycles. The smallest absolute Gasteiger partial charge is 0.0667 e. The van der Waals surface area contributed by atoms with Gasteiger partial charge in [0, 0.05) is 0 Å². The van der Waals surface area contributed by atoms with Crippen LogP contribution in [0.5, 0.6) is 0 Å². The van der Waals surface area contributed by atoms with Gasteiger partial charge in [0.2, 0.25) is 0 Å². The quantitative estimate of drug-likeness (QED) is 0.408. The molecule has 0 aliphatic heterocycles. The van der Waals surface area contributed by atoms with Gasteiger partial charge in [0.15, 0.2) is 0 Å². The molecule has 2 rings (SSSR count). The summed E-state index contributed by atoms with van der Waals surface area (Å²) in [6.45, 7) is 21.0. The summed E-state index contributed by atoms with van der Waals surface area (Å²) in [7, 11) is 0. The van der Waals surface area contributed by atoms with Crippen molar-refractivity contribution < 1.29 is 0 Å². The van der Waals surface area contributed by atoms with Crippen molar-refractivity contribution in [1.82, 2.24) is 0 Å². The standard InChI is InChI=1S/C25H30/c1-7-12-16-20(15-8-2)25(19(6)9-3)23(11-5)21(10-4)22-17-13-14-18-24(22)25/h8-9,11-13,15-17H,2-3,5-7,10,14,18H2,1,4H3/b16-12-,20-15+. The zero-order valence-electron chi connectivity index (χ0n) is 15.8. The van der Waals surface area contributed by atoms with E-state index in [1.807, 2.05) is 18.2 Å². The third-order valence-corrected chi connectivity index (χ3v) is 5.23. The lowest BCUT2D eigenvalue weighted by molar-refractivity contribution is 0.626. The van der Waals surface area contributed by atoms with Crippen LogP contribution in [-0.4, -0.2) is 0 Å². The summed E-state index contributed by atoms with van der Waals surface area (Å²) in [5.41, 5.74) is 7.29. The predicted molar refractivity (Wildman–Crippen MR) is 112 cm³/mol. The average Bonchev–Trinajstić information content (AvgIpc) is 2.94. The third-order valence-electron chi connectivity index (χ3n) is 5.23. The van der Waals surface area contributed by atoms with Crippen molar-refractivity contribution in [3.8, 4) is 0 Å². The van der Waals surface area contributed by atoms with E-state index in [2.05, 4.69) is 70.5 Å². The molecule has 1 unspecified atom stereocenters. The molecule has 0 fully saturated rings. The Balaban J connectivity index is 2.93. The van der Waals surface area contributed by atoms with Gasteiger partial charge in [-0.2, -0.15) is 0 Å². The molecule has 0 bridgehead atoms. The molecule has 130 valence electrons. The Kier molecular flexibility index (Phi) is 6.20. The van der Waals surface area contributed by atoms with Crippen molar-refractivity contribution in [3.63, 3.8) is 0 Å². The molecular weight excluding hydrogens is 300 g/mol. The van der Waals surface area contributed by atoms with Crippen LogP contribution in [0, 0.1) is 5.41 Å². The molecule has 0 saturated carbocycles. The molecule has 25 heavy (non-hydrogen) atoms. The summed E-state index contributed by atoms with van der Waals surface area (Å²) < 4.78 is 0. The van der Waals surface area contributed by atoms with Crippen molar-refractivity contribution in [2.75, 3.05) is 0 Å². The fraction of sp³-hybridized carbons (Fsp3) is 0.280. The van der Waals surface area contributed by atoms with Crippen molar-refractivity contribution in [3.05, 3.63) is 108 Å². The molecule has 0 nitrogen and oxygen atoms in total. The van der Waals surface area contributed by atoms with E-state index in [0.717, 1.165) is 31.3 Å². The minimum atomic E-state index is -0.366. The highest BCUT2D eigenvalue weighted by molar-refractivity contribution is 5.72. The summed E-state index contributed by atoms with van der Waals surface area (Å²) >= 11 is 0. The first kappa shape index (κ1) is 19.0. The van der Waals surface area contributed by atoms with Crippen LogP contribution in [0.2, 0.25) is 0 Å². The van der Waals surface area contributed by atoms with Gasteiger partial charge in [0.05, 0.1) is 5.41 Å². The lowest BCUT2D eigenvalue weighted by atomic mass is 9.64. The number of rotatable bonds is 8. The van der Waals surface area contributed by atoms with Gasteiger partial charge in [-0.25, -0.2) is 0 Å². The molecular formula is C25H30. The Morgan fingerprint density at radius 3 is 2.56 bits per heavy atom. The summed E-state index contributed by atoms with van der Waals surface area (Å²) in [4.78, 5) is 0. The van der Waals surface area contributed by atoms with Gasteiger partial charge in [0.25, 0.3) is 0 Å². The van der Waals surface area contributed by atoms with Gasteiger partial charge < -0.3 is 0 Å². The molecule has 0 radical (unpaired) electrons. The van der Waals surface area contributed by atoms with Gasteiger partial charge in [0.1, 0.15) is 0 Å². The molecule has 0 spiro atoms. The molecule has 0 amide bonds. The molecule has 0 aromatic heterocycles. The van der Waals surface area contributed by atoms with Crippen molar-refractivity contribution >= 4 is 0 Å². The summed E-state index contributed by atoms with van der Waals surface area (Å²) in [6.07, 6.45) is 21.0. The molecule has 0 aromatic carbocycles. The first-order chi connectivity index (χ1) is 12.1. The Morgan fingerprint density at radius 1 is 1.24 bits per heavy atom. The summed E-state index contributed by atoms with van der Waals surface area (Å²) in [6, 6.07) is 0. The van der Waals surface area contributed by atoms with Crippen LogP contribution in [0.15, 0.2) is 108 Å². The van der Waals surface area contributed by atoms with Crippen LogP contribution in [0.1, 0.15) is 39.5 Å². The highest BCUT2D eigenvalue weighted by Crippen LogP contribution is 2.59. The lowest BCUT2D eigenvalue weighted by Gasteiger charge is -2.38. The fourth-order valence-electron chi connectivity index (χ4n) is 4.24. The molecule has 1 atom stereocenters. The van der Waals surface area contributed by atoms with E-state index < -0.39 is 0 Å². The third kappa shape index (κ3) is 2.91. The molecule has 0 aromatic rings. The van der Waals surface area contributed by atoms with E-state index in [4.69, 9.17) is 0 Å². The first-order valence-corrected chi connectivity index (χ1v) is 9.21. The second-order valence-electron chi connectivity index (χ2n) is 6.43. The Morgan fingerprint density at radius 2 is 2.00 bits per heavy atom. The van der Waals surface area contributed by atoms with Gasteiger partial charge in [-0.05, 0) is 59.1 Å². The van der Waals surface area contributed by atoms with Crippen LogP contribution in [0.25, 0.3) is 0 Å². The van der Waals surface area contributed by atoms with Crippen LogP contribution >= 0.6 is 0 Å². The Labute approximate surface area is 153 Å². The van der Waals surface area contributed by atoms with Gasteiger partial charge in [-0.15, -0.1) is 0 Å². The SMILES string of the molecule is C=C/C=C(\C=C/CC)C1(C(=C)C=C)C(C=C)=C(CC)C2=C1CCC=C2. The molecule has 2 aliphatic rings. The van der Waals surface area contributed by atoms with E-state index in [0.29, 0.717) is 0 Å². The summed E-state index contributed by atoms with van der Waals surface area (Å²) in [5.74, 6) is 0. The van der Waals surface area contributed by atoms with Gasteiger partial charge >= 0.3 is 0 Å². The van der Waals surface area contributed by atoms with Gasteiger partial charge in [-0.1, -0.05) is 88.8 Å². The zero-order valence-corrected chi connectivity index (χ0v) is 15.8. The largest absolute Gasteiger partial charge is 0.0991 e. The van der Waals surface area contributed by atoms with E-state index >= 15 is 0 Å². The maximum Gasteiger partial charge on any atom is 0.0667 e. The molecule has 0 N–H and O–H groups in total. The number of allylic oxidation sites excluding steroid dienone is 14. The van der Waals surface area contributed by atoms with Crippen LogP contribution in [0.4, 0.5) is 0 Å². The number of hydrogen-bond donors (Lipinski definition) is 0.